The quantitative estimate of drug-likeness (QED) is 0.475. The molecule has 0 spiro atoms. The Balaban J connectivity index is 1.47. The molecule has 7 nitrogen and oxygen atoms in total. The van der Waals surface area contributed by atoms with Gasteiger partial charge in [0.15, 0.2) is 0 Å². The Morgan fingerprint density at radius 1 is 0.939 bits per heavy atom. The summed E-state index contributed by atoms with van der Waals surface area (Å²) in [5.41, 5.74) is 1.07. The predicted octanol–water partition coefficient (Wildman–Crippen LogP) is 4.94. The fourth-order valence-corrected chi connectivity index (χ4v) is 4.46. The Morgan fingerprint density at radius 3 is 2.36 bits per heavy atom. The molecule has 0 aliphatic carbocycles. The van der Waals surface area contributed by atoms with Crippen molar-refractivity contribution in [2.45, 2.75) is 17.6 Å². The molecule has 0 saturated heterocycles. The van der Waals surface area contributed by atoms with Crippen LogP contribution in [-0.4, -0.2) is 20.6 Å². The first-order chi connectivity index (χ1) is 15.8. The van der Waals surface area contributed by atoms with Gasteiger partial charge in [0, 0.05) is 16.5 Å². The summed E-state index contributed by atoms with van der Waals surface area (Å²) in [7, 11) is -3.97. The SMILES string of the molecule is O=C(NC1=COC(Cc2ccccc2)O1)c1cc(Cl)ccc1NS(=O)(=O)c1ccc(Cl)cc1. The van der Waals surface area contributed by atoms with E-state index in [1.165, 1.54) is 48.7 Å². The third kappa shape index (κ3) is 5.78. The Kier molecular flexibility index (Phi) is 6.78. The van der Waals surface area contributed by atoms with Gasteiger partial charge in [-0.05, 0) is 48.0 Å². The topological polar surface area (TPSA) is 93.7 Å². The van der Waals surface area contributed by atoms with Crippen LogP contribution in [0.5, 0.6) is 0 Å². The number of benzene rings is 3. The molecule has 1 amide bonds. The largest absolute Gasteiger partial charge is 0.457 e. The number of halogens is 2. The van der Waals surface area contributed by atoms with E-state index in [-0.39, 0.29) is 27.1 Å². The maximum absolute atomic E-state index is 12.9. The average molecular weight is 505 g/mol. The molecule has 1 heterocycles. The van der Waals surface area contributed by atoms with Crippen LogP contribution >= 0.6 is 23.2 Å². The highest BCUT2D eigenvalue weighted by molar-refractivity contribution is 7.92. The van der Waals surface area contributed by atoms with Crippen LogP contribution in [0.2, 0.25) is 10.0 Å². The second-order valence-corrected chi connectivity index (χ2v) is 9.61. The molecule has 0 bridgehead atoms. The molecular formula is C23H18Cl2N2O5S. The van der Waals surface area contributed by atoms with E-state index in [2.05, 4.69) is 10.0 Å². The van der Waals surface area contributed by atoms with Crippen LogP contribution in [0.3, 0.4) is 0 Å². The Labute approximate surface area is 201 Å². The van der Waals surface area contributed by atoms with Gasteiger partial charge in [0.05, 0.1) is 16.1 Å². The number of sulfonamides is 1. The summed E-state index contributed by atoms with van der Waals surface area (Å²) in [6.45, 7) is 0. The van der Waals surface area contributed by atoms with Gasteiger partial charge in [-0.25, -0.2) is 8.42 Å². The van der Waals surface area contributed by atoms with Crippen molar-refractivity contribution in [1.82, 2.24) is 5.32 Å². The molecule has 0 fully saturated rings. The zero-order valence-electron chi connectivity index (χ0n) is 17.0. The minimum atomic E-state index is -3.97. The van der Waals surface area contributed by atoms with Gasteiger partial charge in [-0.3, -0.25) is 14.8 Å². The molecule has 2 N–H and O–H groups in total. The van der Waals surface area contributed by atoms with Crippen LogP contribution in [0, 0.1) is 0 Å². The van der Waals surface area contributed by atoms with Crippen LogP contribution in [-0.2, 0) is 25.9 Å². The predicted molar refractivity (Wildman–Crippen MR) is 125 cm³/mol. The molecule has 10 heteroatoms. The second kappa shape index (κ2) is 9.74. The third-order valence-electron chi connectivity index (χ3n) is 4.66. The van der Waals surface area contributed by atoms with Crippen molar-refractivity contribution in [3.05, 3.63) is 106 Å². The van der Waals surface area contributed by atoms with Crippen LogP contribution in [0.25, 0.3) is 0 Å². The highest BCUT2D eigenvalue weighted by Gasteiger charge is 2.24. The van der Waals surface area contributed by atoms with Crippen LogP contribution < -0.4 is 10.0 Å². The minimum Gasteiger partial charge on any atom is -0.457 e. The first kappa shape index (κ1) is 23.0. The average Bonchev–Trinajstić information content (AvgIpc) is 3.22. The Bertz CT molecular complexity index is 1300. The summed E-state index contributed by atoms with van der Waals surface area (Å²) in [5.74, 6) is -0.520. The van der Waals surface area contributed by atoms with E-state index in [4.69, 9.17) is 32.7 Å². The fraction of sp³-hybridized carbons (Fsp3) is 0.0870. The van der Waals surface area contributed by atoms with Crippen molar-refractivity contribution in [2.24, 2.45) is 0 Å². The second-order valence-electron chi connectivity index (χ2n) is 7.06. The van der Waals surface area contributed by atoms with E-state index in [1.807, 2.05) is 30.3 Å². The molecule has 4 rings (SSSR count). The maximum Gasteiger partial charge on any atom is 0.261 e. The van der Waals surface area contributed by atoms with Crippen LogP contribution in [0.1, 0.15) is 15.9 Å². The highest BCUT2D eigenvalue weighted by atomic mass is 35.5. The summed E-state index contributed by atoms with van der Waals surface area (Å²) in [6, 6.07) is 19.5. The van der Waals surface area contributed by atoms with Crippen molar-refractivity contribution in [3.8, 4) is 0 Å². The fourth-order valence-electron chi connectivity index (χ4n) is 3.08. The number of hydrogen-bond acceptors (Lipinski definition) is 5. The van der Waals surface area contributed by atoms with Gasteiger partial charge in [0.25, 0.3) is 15.9 Å². The number of nitrogens with one attached hydrogen (secondary N) is 2. The molecule has 1 unspecified atom stereocenters. The summed E-state index contributed by atoms with van der Waals surface area (Å²) in [4.78, 5) is 12.9. The number of anilines is 1. The highest BCUT2D eigenvalue weighted by Crippen LogP contribution is 2.25. The standard InChI is InChI=1S/C23H18Cl2N2O5S/c24-16-6-9-18(10-7-16)33(29,30)27-20-11-8-17(25)13-19(20)23(28)26-21-14-31-22(32-21)12-15-4-2-1-3-5-15/h1-11,13-14,22,27H,12H2,(H,26,28). The molecule has 3 aromatic carbocycles. The van der Waals surface area contributed by atoms with E-state index in [0.717, 1.165) is 5.56 Å². The van der Waals surface area contributed by atoms with Crippen LogP contribution in [0.15, 0.2) is 89.8 Å². The van der Waals surface area contributed by atoms with Gasteiger partial charge in [0.2, 0.25) is 12.2 Å². The monoisotopic (exact) mass is 504 g/mol. The maximum atomic E-state index is 12.9. The molecule has 0 saturated carbocycles. The number of hydrogen-bond donors (Lipinski definition) is 2. The number of carbonyl (C=O) groups is 1. The van der Waals surface area contributed by atoms with E-state index >= 15 is 0 Å². The van der Waals surface area contributed by atoms with E-state index in [0.29, 0.717) is 11.4 Å². The number of carbonyl (C=O) groups excluding carboxylic acids is 1. The zero-order valence-corrected chi connectivity index (χ0v) is 19.3. The molecule has 170 valence electrons. The number of rotatable bonds is 7. The first-order valence-electron chi connectivity index (χ1n) is 9.76. The molecular weight excluding hydrogens is 487 g/mol. The van der Waals surface area contributed by atoms with Gasteiger partial charge in [-0.2, -0.15) is 0 Å². The smallest absolute Gasteiger partial charge is 0.261 e. The normalized spacial score (nSPS) is 15.2. The first-order valence-corrected chi connectivity index (χ1v) is 12.0. The van der Waals surface area contributed by atoms with Gasteiger partial charge < -0.3 is 9.47 Å². The lowest BCUT2D eigenvalue weighted by Crippen LogP contribution is -2.26. The lowest BCUT2D eigenvalue weighted by atomic mass is 10.1. The molecule has 1 atom stereocenters. The summed E-state index contributed by atoms with van der Waals surface area (Å²) < 4.78 is 39.0. The lowest BCUT2D eigenvalue weighted by molar-refractivity contribution is -0.0331. The van der Waals surface area contributed by atoms with E-state index < -0.39 is 22.2 Å². The van der Waals surface area contributed by atoms with Crippen LogP contribution in [0.4, 0.5) is 5.69 Å². The summed E-state index contributed by atoms with van der Waals surface area (Å²) in [5, 5.41) is 3.24. The Morgan fingerprint density at radius 2 is 1.64 bits per heavy atom. The number of ether oxygens (including phenoxy) is 2. The van der Waals surface area contributed by atoms with Crippen molar-refractivity contribution in [3.63, 3.8) is 0 Å². The third-order valence-corrected chi connectivity index (χ3v) is 6.53. The number of amides is 1. The molecule has 1 aliphatic rings. The van der Waals surface area contributed by atoms with Gasteiger partial charge in [-0.1, -0.05) is 53.5 Å². The minimum absolute atomic E-state index is 0.00723. The zero-order chi connectivity index (χ0) is 23.4. The molecule has 1 aliphatic heterocycles. The molecule has 3 aromatic rings. The van der Waals surface area contributed by atoms with Crippen molar-refractivity contribution in [1.29, 1.82) is 0 Å². The van der Waals surface area contributed by atoms with Crippen molar-refractivity contribution in [2.75, 3.05) is 4.72 Å². The van der Waals surface area contributed by atoms with Crippen molar-refractivity contribution >= 4 is 44.8 Å². The van der Waals surface area contributed by atoms with Crippen molar-refractivity contribution < 1.29 is 22.7 Å². The van der Waals surface area contributed by atoms with Gasteiger partial charge in [-0.15, -0.1) is 0 Å². The molecule has 33 heavy (non-hydrogen) atoms. The summed E-state index contributed by atoms with van der Waals surface area (Å²) >= 11 is 11.9. The summed E-state index contributed by atoms with van der Waals surface area (Å²) in [6.07, 6.45) is 1.19. The Hall–Kier alpha value is -3.20. The van der Waals surface area contributed by atoms with Gasteiger partial charge >= 0.3 is 0 Å². The lowest BCUT2D eigenvalue weighted by Gasteiger charge is -2.14. The molecule has 0 aromatic heterocycles. The molecule has 0 radical (unpaired) electrons. The van der Waals surface area contributed by atoms with E-state index in [9.17, 15) is 13.2 Å². The van der Waals surface area contributed by atoms with Gasteiger partial charge in [0.1, 0.15) is 6.26 Å². The van der Waals surface area contributed by atoms with E-state index in [1.54, 1.807) is 0 Å².